The number of nitrogens with zero attached hydrogens (tertiary/aromatic N) is 1. The first kappa shape index (κ1) is 18.1. The van der Waals surface area contributed by atoms with Gasteiger partial charge in [-0.1, -0.05) is 0 Å². The Morgan fingerprint density at radius 2 is 1.60 bits per heavy atom. The molecule has 7 nitrogen and oxygen atoms in total. The molecule has 0 bridgehead atoms. The SMILES string of the molecule is O=S(=O)(NCCc1ccco1)c1ccc(S(=O)(=O)N2CCCC2)cc1. The van der Waals surface area contributed by atoms with Gasteiger partial charge in [-0.3, -0.25) is 0 Å². The molecule has 25 heavy (non-hydrogen) atoms. The molecule has 0 unspecified atom stereocenters. The van der Waals surface area contributed by atoms with Crippen molar-refractivity contribution in [2.24, 2.45) is 0 Å². The summed E-state index contributed by atoms with van der Waals surface area (Å²) in [6.07, 6.45) is 3.67. The van der Waals surface area contributed by atoms with Crippen LogP contribution >= 0.6 is 0 Å². The number of sulfonamides is 2. The molecule has 1 aromatic carbocycles. The van der Waals surface area contributed by atoms with Gasteiger partial charge in [0.15, 0.2) is 0 Å². The van der Waals surface area contributed by atoms with Crippen LogP contribution in [-0.2, 0) is 26.5 Å². The quantitative estimate of drug-likeness (QED) is 0.782. The molecule has 2 aromatic rings. The lowest BCUT2D eigenvalue weighted by molar-refractivity contribution is 0.477. The van der Waals surface area contributed by atoms with Crippen molar-refractivity contribution < 1.29 is 21.3 Å². The molecular weight excluding hydrogens is 364 g/mol. The van der Waals surface area contributed by atoms with E-state index in [2.05, 4.69) is 4.72 Å². The minimum atomic E-state index is -3.69. The second kappa shape index (κ2) is 7.28. The van der Waals surface area contributed by atoms with Crippen LogP contribution in [0.5, 0.6) is 0 Å². The van der Waals surface area contributed by atoms with Gasteiger partial charge >= 0.3 is 0 Å². The highest BCUT2D eigenvalue weighted by Crippen LogP contribution is 2.22. The van der Waals surface area contributed by atoms with E-state index in [1.54, 1.807) is 12.1 Å². The first-order chi connectivity index (χ1) is 11.9. The summed E-state index contributed by atoms with van der Waals surface area (Å²) in [4.78, 5) is 0.149. The Labute approximate surface area is 147 Å². The molecule has 1 aromatic heterocycles. The number of nitrogens with one attached hydrogen (secondary N) is 1. The molecule has 0 aliphatic carbocycles. The molecular formula is C16H20N2O5S2. The van der Waals surface area contributed by atoms with E-state index in [4.69, 9.17) is 4.42 Å². The van der Waals surface area contributed by atoms with Crippen molar-refractivity contribution in [2.75, 3.05) is 19.6 Å². The minimum Gasteiger partial charge on any atom is -0.469 e. The minimum absolute atomic E-state index is 0.0346. The summed E-state index contributed by atoms with van der Waals surface area (Å²) < 4.78 is 58.5. The Morgan fingerprint density at radius 3 is 2.20 bits per heavy atom. The second-order valence-electron chi connectivity index (χ2n) is 5.81. The number of rotatable bonds is 7. The maximum absolute atomic E-state index is 12.4. The van der Waals surface area contributed by atoms with Gasteiger partial charge < -0.3 is 4.42 Å². The predicted octanol–water partition coefficient (Wildman–Crippen LogP) is 1.59. The van der Waals surface area contributed by atoms with Crippen molar-refractivity contribution in [3.8, 4) is 0 Å². The van der Waals surface area contributed by atoms with Crippen LogP contribution in [0.4, 0.5) is 0 Å². The van der Waals surface area contributed by atoms with E-state index < -0.39 is 20.0 Å². The summed E-state index contributed by atoms with van der Waals surface area (Å²) in [5, 5.41) is 0. The van der Waals surface area contributed by atoms with E-state index in [-0.39, 0.29) is 16.3 Å². The normalized spacial score (nSPS) is 16.3. The van der Waals surface area contributed by atoms with E-state index in [0.717, 1.165) is 12.8 Å². The van der Waals surface area contributed by atoms with Gasteiger partial charge in [0.25, 0.3) is 0 Å². The lowest BCUT2D eigenvalue weighted by Gasteiger charge is -2.15. The standard InChI is InChI=1S/C16H20N2O5S2/c19-24(20,17-10-9-14-4-3-13-23-14)15-5-7-16(8-6-15)25(21,22)18-11-1-2-12-18/h3-8,13,17H,1-2,9-12H2. The first-order valence-corrected chi connectivity index (χ1v) is 10.9. The fourth-order valence-corrected chi connectivity index (χ4v) is 5.26. The van der Waals surface area contributed by atoms with Crippen LogP contribution in [0, 0.1) is 0 Å². The highest BCUT2D eigenvalue weighted by Gasteiger charge is 2.27. The van der Waals surface area contributed by atoms with Crippen LogP contribution in [0.15, 0.2) is 56.9 Å². The molecule has 9 heteroatoms. The van der Waals surface area contributed by atoms with Crippen LogP contribution in [-0.4, -0.2) is 40.8 Å². The van der Waals surface area contributed by atoms with E-state index >= 15 is 0 Å². The Kier molecular flexibility index (Phi) is 5.28. The summed E-state index contributed by atoms with van der Waals surface area (Å²) in [6.45, 7) is 1.22. The lowest BCUT2D eigenvalue weighted by atomic mass is 10.3. The van der Waals surface area contributed by atoms with Crippen molar-refractivity contribution in [1.29, 1.82) is 0 Å². The Balaban J connectivity index is 1.68. The van der Waals surface area contributed by atoms with Crippen LogP contribution < -0.4 is 4.72 Å². The number of hydrogen-bond donors (Lipinski definition) is 1. The third-order valence-electron chi connectivity index (χ3n) is 4.08. The molecule has 1 N–H and O–H groups in total. The fourth-order valence-electron chi connectivity index (χ4n) is 2.72. The van der Waals surface area contributed by atoms with Gasteiger partial charge in [0.2, 0.25) is 20.0 Å². The van der Waals surface area contributed by atoms with Gasteiger partial charge in [-0.15, -0.1) is 0 Å². The van der Waals surface area contributed by atoms with Gasteiger partial charge in [0.1, 0.15) is 5.76 Å². The molecule has 1 fully saturated rings. The van der Waals surface area contributed by atoms with Crippen LogP contribution in [0.1, 0.15) is 18.6 Å². The molecule has 0 saturated carbocycles. The third kappa shape index (κ3) is 4.12. The molecule has 1 aliphatic rings. The molecule has 1 aliphatic heterocycles. The number of benzene rings is 1. The zero-order valence-electron chi connectivity index (χ0n) is 13.6. The van der Waals surface area contributed by atoms with Crippen molar-refractivity contribution in [3.05, 3.63) is 48.4 Å². The highest BCUT2D eigenvalue weighted by molar-refractivity contribution is 7.89. The highest BCUT2D eigenvalue weighted by atomic mass is 32.2. The molecule has 0 amide bonds. The van der Waals surface area contributed by atoms with Crippen molar-refractivity contribution in [2.45, 2.75) is 29.1 Å². The Hall–Kier alpha value is -1.68. The lowest BCUT2D eigenvalue weighted by Crippen LogP contribution is -2.28. The predicted molar refractivity (Wildman–Crippen MR) is 92.0 cm³/mol. The first-order valence-electron chi connectivity index (χ1n) is 8.02. The average molecular weight is 384 g/mol. The van der Waals surface area contributed by atoms with E-state index in [1.165, 1.54) is 34.8 Å². The summed E-state index contributed by atoms with van der Waals surface area (Å²) in [5.74, 6) is 0.690. The van der Waals surface area contributed by atoms with Gasteiger partial charge in [-0.2, -0.15) is 4.31 Å². The van der Waals surface area contributed by atoms with Crippen LogP contribution in [0.3, 0.4) is 0 Å². The number of hydrogen-bond acceptors (Lipinski definition) is 5. The molecule has 0 spiro atoms. The van der Waals surface area contributed by atoms with Crippen molar-refractivity contribution in [3.63, 3.8) is 0 Å². The second-order valence-corrected chi connectivity index (χ2v) is 9.51. The van der Waals surface area contributed by atoms with Gasteiger partial charge in [0, 0.05) is 26.1 Å². The molecule has 1 saturated heterocycles. The van der Waals surface area contributed by atoms with Crippen molar-refractivity contribution >= 4 is 20.0 Å². The summed E-state index contributed by atoms with van der Waals surface area (Å²) in [7, 11) is -7.24. The number of furan rings is 1. The maximum Gasteiger partial charge on any atom is 0.243 e. The van der Waals surface area contributed by atoms with Crippen LogP contribution in [0.2, 0.25) is 0 Å². The molecule has 0 radical (unpaired) electrons. The topological polar surface area (TPSA) is 96.7 Å². The summed E-state index contributed by atoms with van der Waals surface area (Å²) in [6, 6.07) is 8.83. The van der Waals surface area contributed by atoms with E-state index in [9.17, 15) is 16.8 Å². The molecule has 3 rings (SSSR count). The third-order valence-corrected chi connectivity index (χ3v) is 7.47. The summed E-state index contributed by atoms with van der Waals surface area (Å²) in [5.41, 5.74) is 0. The largest absolute Gasteiger partial charge is 0.469 e. The Morgan fingerprint density at radius 1 is 0.960 bits per heavy atom. The zero-order chi connectivity index (χ0) is 17.9. The van der Waals surface area contributed by atoms with Crippen molar-refractivity contribution in [1.82, 2.24) is 9.03 Å². The molecule has 136 valence electrons. The van der Waals surface area contributed by atoms with E-state index in [1.807, 2.05) is 0 Å². The smallest absolute Gasteiger partial charge is 0.243 e. The summed E-state index contributed by atoms with van der Waals surface area (Å²) >= 11 is 0. The van der Waals surface area contributed by atoms with Gasteiger partial charge in [-0.05, 0) is 49.2 Å². The molecule has 2 heterocycles. The monoisotopic (exact) mass is 384 g/mol. The maximum atomic E-state index is 12.4. The Bertz CT molecular complexity index is 898. The molecule has 0 atom stereocenters. The van der Waals surface area contributed by atoms with Crippen LogP contribution in [0.25, 0.3) is 0 Å². The fraction of sp³-hybridized carbons (Fsp3) is 0.375. The average Bonchev–Trinajstić information content (AvgIpc) is 3.29. The van der Waals surface area contributed by atoms with Gasteiger partial charge in [0.05, 0.1) is 16.1 Å². The zero-order valence-corrected chi connectivity index (χ0v) is 15.2. The van der Waals surface area contributed by atoms with E-state index in [0.29, 0.717) is 25.3 Å². The van der Waals surface area contributed by atoms with Gasteiger partial charge in [-0.25, -0.2) is 21.6 Å².